The second-order valence-corrected chi connectivity index (χ2v) is 5.10. The van der Waals surface area contributed by atoms with Crippen molar-refractivity contribution in [3.05, 3.63) is 35.9 Å². The van der Waals surface area contributed by atoms with Gasteiger partial charge in [-0.25, -0.2) is 0 Å². The Bertz CT molecular complexity index is 440. The highest BCUT2D eigenvalue weighted by atomic mass is 32.1. The Hall–Kier alpha value is -1.42. The number of likely N-dealkylation sites (N-methyl/N-ethyl adjacent to an activating group) is 1. The summed E-state index contributed by atoms with van der Waals surface area (Å²) in [4.78, 5) is 14.4. The predicted molar refractivity (Wildman–Crippen MR) is 71.8 cm³/mol. The molecule has 0 spiro atoms. The molecule has 1 fully saturated rings. The molecule has 2 rings (SSSR count). The highest BCUT2D eigenvalue weighted by Crippen LogP contribution is 2.49. The Kier molecular flexibility index (Phi) is 3.15. The number of amides is 1. The first-order valence-electron chi connectivity index (χ1n) is 5.66. The van der Waals surface area contributed by atoms with E-state index >= 15 is 0 Å². The van der Waals surface area contributed by atoms with Crippen LogP contribution >= 0.6 is 12.2 Å². The van der Waals surface area contributed by atoms with Crippen LogP contribution in [0.1, 0.15) is 18.4 Å². The van der Waals surface area contributed by atoms with E-state index in [1.165, 1.54) is 0 Å². The van der Waals surface area contributed by atoms with Gasteiger partial charge in [0.15, 0.2) is 0 Å². The monoisotopic (exact) mass is 248 g/mol. The Morgan fingerprint density at radius 3 is 2.47 bits per heavy atom. The maximum atomic E-state index is 12.4. The first kappa shape index (κ1) is 12.0. The van der Waals surface area contributed by atoms with Crippen molar-refractivity contribution < 1.29 is 4.79 Å². The van der Waals surface area contributed by atoms with Crippen LogP contribution in [0.3, 0.4) is 0 Å². The molecule has 0 unspecified atom stereocenters. The van der Waals surface area contributed by atoms with Crippen LogP contribution in [0.4, 0.5) is 0 Å². The zero-order chi connectivity index (χ0) is 12.5. The van der Waals surface area contributed by atoms with Crippen LogP contribution in [0.2, 0.25) is 0 Å². The van der Waals surface area contributed by atoms with Crippen molar-refractivity contribution >= 4 is 23.1 Å². The van der Waals surface area contributed by atoms with Crippen LogP contribution in [-0.2, 0) is 10.2 Å². The van der Waals surface area contributed by atoms with Crippen molar-refractivity contribution in [2.45, 2.75) is 18.3 Å². The first-order chi connectivity index (χ1) is 8.06. The van der Waals surface area contributed by atoms with Gasteiger partial charge in [0.1, 0.15) is 0 Å². The molecule has 3 nitrogen and oxygen atoms in total. The lowest BCUT2D eigenvalue weighted by molar-refractivity contribution is -0.131. The molecular weight excluding hydrogens is 232 g/mol. The fraction of sp³-hybridized carbons (Fsp3) is 0.385. The summed E-state index contributed by atoms with van der Waals surface area (Å²) in [5.74, 6) is 0.122. The molecule has 1 aliphatic carbocycles. The predicted octanol–water partition coefficient (Wildman–Crippen LogP) is 1.46. The normalized spacial score (nSPS) is 16.3. The zero-order valence-electron chi connectivity index (χ0n) is 9.85. The van der Waals surface area contributed by atoms with E-state index in [4.69, 9.17) is 18.0 Å². The van der Waals surface area contributed by atoms with E-state index < -0.39 is 0 Å². The summed E-state index contributed by atoms with van der Waals surface area (Å²) in [5, 5.41) is 0. The minimum Gasteiger partial charge on any atom is -0.392 e. The van der Waals surface area contributed by atoms with E-state index in [1.807, 2.05) is 30.3 Å². The van der Waals surface area contributed by atoms with Gasteiger partial charge in [0.05, 0.1) is 16.9 Å². The highest BCUT2D eigenvalue weighted by molar-refractivity contribution is 7.80. The van der Waals surface area contributed by atoms with Crippen LogP contribution in [0.15, 0.2) is 30.3 Å². The van der Waals surface area contributed by atoms with E-state index in [-0.39, 0.29) is 11.3 Å². The third-order valence-corrected chi connectivity index (χ3v) is 3.35. The molecule has 0 aromatic heterocycles. The van der Waals surface area contributed by atoms with Crippen molar-refractivity contribution in [2.75, 3.05) is 13.6 Å². The fourth-order valence-corrected chi connectivity index (χ4v) is 2.37. The van der Waals surface area contributed by atoms with Crippen molar-refractivity contribution in [3.8, 4) is 0 Å². The number of hydrogen-bond donors (Lipinski definition) is 1. The van der Waals surface area contributed by atoms with Crippen LogP contribution in [-0.4, -0.2) is 29.4 Å². The minimum absolute atomic E-state index is 0.122. The Balaban J connectivity index is 2.17. The summed E-state index contributed by atoms with van der Waals surface area (Å²) in [5.41, 5.74) is 6.25. The van der Waals surface area contributed by atoms with Gasteiger partial charge in [-0.3, -0.25) is 4.79 Å². The number of hydrogen-bond acceptors (Lipinski definition) is 2. The van der Waals surface area contributed by atoms with Crippen molar-refractivity contribution in [2.24, 2.45) is 5.73 Å². The minimum atomic E-state index is -0.319. The zero-order valence-corrected chi connectivity index (χ0v) is 10.7. The van der Waals surface area contributed by atoms with Crippen LogP contribution in [0, 0.1) is 0 Å². The van der Waals surface area contributed by atoms with E-state index in [0.717, 1.165) is 18.4 Å². The van der Waals surface area contributed by atoms with Gasteiger partial charge in [-0.1, -0.05) is 42.5 Å². The van der Waals surface area contributed by atoms with Gasteiger partial charge in [-0.2, -0.15) is 0 Å². The molecule has 1 saturated carbocycles. The maximum absolute atomic E-state index is 12.4. The number of nitrogens with zero attached hydrogens (tertiary/aromatic N) is 1. The van der Waals surface area contributed by atoms with Gasteiger partial charge < -0.3 is 10.6 Å². The average molecular weight is 248 g/mol. The molecular formula is C13H16N2OS. The van der Waals surface area contributed by atoms with E-state index in [0.29, 0.717) is 11.5 Å². The lowest BCUT2D eigenvalue weighted by atomic mass is 9.94. The summed E-state index contributed by atoms with van der Waals surface area (Å²) >= 11 is 4.83. The Labute approximate surface area is 107 Å². The standard InChI is InChI=1S/C13H16N2OS/c1-15(9-11(14)17)12(16)13(7-8-13)10-5-3-2-4-6-10/h2-6H,7-9H2,1H3,(H2,14,17). The Morgan fingerprint density at radius 1 is 1.41 bits per heavy atom. The lowest BCUT2D eigenvalue weighted by Gasteiger charge is -2.23. The van der Waals surface area contributed by atoms with Crippen LogP contribution < -0.4 is 5.73 Å². The van der Waals surface area contributed by atoms with Crippen molar-refractivity contribution in [1.82, 2.24) is 4.90 Å². The molecule has 90 valence electrons. The summed E-state index contributed by atoms with van der Waals surface area (Å²) in [6, 6.07) is 9.92. The van der Waals surface area contributed by atoms with Gasteiger partial charge in [-0.05, 0) is 18.4 Å². The van der Waals surface area contributed by atoms with Crippen LogP contribution in [0.25, 0.3) is 0 Å². The first-order valence-corrected chi connectivity index (χ1v) is 6.06. The molecule has 4 heteroatoms. The summed E-state index contributed by atoms with van der Waals surface area (Å²) in [6.45, 7) is 0.350. The summed E-state index contributed by atoms with van der Waals surface area (Å²) < 4.78 is 0. The van der Waals surface area contributed by atoms with E-state index in [9.17, 15) is 4.79 Å². The molecule has 0 bridgehead atoms. The van der Waals surface area contributed by atoms with Gasteiger partial charge in [-0.15, -0.1) is 0 Å². The molecule has 1 aliphatic rings. The number of nitrogens with two attached hydrogens (primary N) is 1. The molecule has 1 aromatic rings. The molecule has 0 radical (unpaired) electrons. The summed E-state index contributed by atoms with van der Waals surface area (Å²) in [7, 11) is 1.75. The Morgan fingerprint density at radius 2 is 2.00 bits per heavy atom. The number of carbonyl (C=O) groups excluding carboxylic acids is 1. The number of rotatable bonds is 4. The van der Waals surface area contributed by atoms with Gasteiger partial charge >= 0.3 is 0 Å². The average Bonchev–Trinajstić information content (AvgIpc) is 3.09. The molecule has 0 atom stereocenters. The third-order valence-electron chi connectivity index (χ3n) is 3.23. The lowest BCUT2D eigenvalue weighted by Crippen LogP contribution is -2.40. The van der Waals surface area contributed by atoms with Gasteiger partial charge in [0.2, 0.25) is 5.91 Å². The number of benzene rings is 1. The van der Waals surface area contributed by atoms with E-state index in [1.54, 1.807) is 11.9 Å². The van der Waals surface area contributed by atoms with Gasteiger partial charge in [0, 0.05) is 7.05 Å². The second-order valence-electron chi connectivity index (χ2n) is 4.58. The molecule has 0 heterocycles. The second kappa shape index (κ2) is 4.45. The summed E-state index contributed by atoms with van der Waals surface area (Å²) in [6.07, 6.45) is 1.83. The third kappa shape index (κ3) is 2.31. The molecule has 17 heavy (non-hydrogen) atoms. The molecule has 1 aromatic carbocycles. The quantitative estimate of drug-likeness (QED) is 0.821. The molecule has 0 saturated heterocycles. The van der Waals surface area contributed by atoms with Gasteiger partial charge in [0.25, 0.3) is 0 Å². The smallest absolute Gasteiger partial charge is 0.233 e. The van der Waals surface area contributed by atoms with E-state index in [2.05, 4.69) is 0 Å². The maximum Gasteiger partial charge on any atom is 0.233 e. The fourth-order valence-electron chi connectivity index (χ4n) is 2.18. The largest absolute Gasteiger partial charge is 0.392 e. The van der Waals surface area contributed by atoms with Crippen molar-refractivity contribution in [3.63, 3.8) is 0 Å². The SMILES string of the molecule is CN(CC(N)=S)C(=O)C1(c2ccccc2)CC1. The van der Waals surface area contributed by atoms with Crippen LogP contribution in [0.5, 0.6) is 0 Å². The van der Waals surface area contributed by atoms with Crippen molar-refractivity contribution in [1.29, 1.82) is 0 Å². The topological polar surface area (TPSA) is 46.3 Å². The number of carbonyl (C=O) groups is 1. The number of thiocarbonyl (C=S) groups is 1. The molecule has 2 N–H and O–H groups in total. The molecule has 0 aliphatic heterocycles. The highest BCUT2D eigenvalue weighted by Gasteiger charge is 2.52. The molecule has 1 amide bonds.